The normalized spacial score (nSPS) is 10.7. The number of ether oxygens (including phenoxy) is 8. The molecule has 0 amide bonds. The highest BCUT2D eigenvalue weighted by Gasteiger charge is 1.91. The Morgan fingerprint density at radius 2 is 0.571 bits per heavy atom. The summed E-state index contributed by atoms with van der Waals surface area (Å²) in [7, 11) is 3.30. The van der Waals surface area contributed by atoms with E-state index in [4.69, 9.17) is 48.1 Å². The predicted octanol–water partition coefficient (Wildman–Crippen LogP) is -0.650. The van der Waals surface area contributed by atoms with Crippen LogP contribution < -0.4 is 0 Å². The van der Waals surface area contributed by atoms with Crippen LogP contribution in [0.4, 0.5) is 0 Å². The number of methoxy groups -OCH3 is 2. The monoisotopic (exact) mass is 416 g/mol. The molecule has 0 unspecified atom stereocenters. The highest BCUT2D eigenvalue weighted by Crippen LogP contribution is 1.82. The summed E-state index contributed by atoms with van der Waals surface area (Å²) in [6.07, 6.45) is 0. The van der Waals surface area contributed by atoms with Gasteiger partial charge in [0.05, 0.1) is 106 Å². The standard InChI is InChI=1S/C10H22O5.C8H18O5/c1-11-3-5-13-7-9-15-10-8-14-6-4-12-2;9-1-3-11-5-7-13-8-6-12-4-2-10/h3-10H2,1-2H3;9-10H,1-8H2. The van der Waals surface area contributed by atoms with Crippen LogP contribution >= 0.6 is 0 Å². The summed E-state index contributed by atoms with van der Waals surface area (Å²) in [6.45, 7) is 7.63. The van der Waals surface area contributed by atoms with Crippen LogP contribution in [-0.4, -0.2) is 130 Å². The van der Waals surface area contributed by atoms with E-state index in [1.807, 2.05) is 0 Å². The van der Waals surface area contributed by atoms with Gasteiger partial charge in [-0.15, -0.1) is 0 Å². The van der Waals surface area contributed by atoms with E-state index in [1.165, 1.54) is 0 Å². The summed E-state index contributed by atoms with van der Waals surface area (Å²) in [5, 5.41) is 16.7. The van der Waals surface area contributed by atoms with Crippen molar-refractivity contribution in [3.8, 4) is 0 Å². The summed E-state index contributed by atoms with van der Waals surface area (Å²) in [5.74, 6) is 0. The number of aliphatic hydroxyl groups is 2. The van der Waals surface area contributed by atoms with E-state index in [9.17, 15) is 0 Å². The van der Waals surface area contributed by atoms with Gasteiger partial charge < -0.3 is 48.1 Å². The van der Waals surface area contributed by atoms with Crippen LogP contribution in [0.3, 0.4) is 0 Å². The largest absolute Gasteiger partial charge is 0.394 e. The van der Waals surface area contributed by atoms with Gasteiger partial charge in [0, 0.05) is 14.2 Å². The molecule has 10 nitrogen and oxygen atoms in total. The fourth-order valence-electron chi connectivity index (χ4n) is 1.50. The van der Waals surface area contributed by atoms with E-state index in [2.05, 4.69) is 0 Å². The molecule has 10 heteroatoms. The first-order valence-corrected chi connectivity index (χ1v) is 9.49. The van der Waals surface area contributed by atoms with Crippen molar-refractivity contribution in [2.24, 2.45) is 0 Å². The maximum absolute atomic E-state index is 8.36. The van der Waals surface area contributed by atoms with Crippen molar-refractivity contribution in [2.75, 3.05) is 120 Å². The molecule has 2 N–H and O–H groups in total. The molecule has 0 saturated carbocycles. The zero-order valence-electron chi connectivity index (χ0n) is 17.5. The van der Waals surface area contributed by atoms with Gasteiger partial charge >= 0.3 is 0 Å². The summed E-state index contributed by atoms with van der Waals surface area (Å²) in [6, 6.07) is 0. The van der Waals surface area contributed by atoms with Gasteiger partial charge in [0.2, 0.25) is 0 Å². The Balaban J connectivity index is 0. The van der Waals surface area contributed by atoms with Gasteiger partial charge in [-0.2, -0.15) is 0 Å². The Bertz CT molecular complexity index is 224. The molecular weight excluding hydrogens is 376 g/mol. The Morgan fingerprint density at radius 3 is 0.786 bits per heavy atom. The fraction of sp³-hybridized carbons (Fsp3) is 1.00. The van der Waals surface area contributed by atoms with Crippen LogP contribution in [0.25, 0.3) is 0 Å². The van der Waals surface area contributed by atoms with Gasteiger partial charge in [-0.05, 0) is 0 Å². The highest BCUT2D eigenvalue weighted by atomic mass is 16.6. The maximum Gasteiger partial charge on any atom is 0.0701 e. The topological polar surface area (TPSA) is 114 Å². The molecule has 0 aromatic rings. The van der Waals surface area contributed by atoms with Crippen LogP contribution in [0.5, 0.6) is 0 Å². The lowest BCUT2D eigenvalue weighted by Gasteiger charge is -2.06. The third kappa shape index (κ3) is 33.2. The van der Waals surface area contributed by atoms with E-state index in [1.54, 1.807) is 14.2 Å². The zero-order chi connectivity index (χ0) is 21.0. The first kappa shape index (κ1) is 29.8. The molecule has 0 aromatic heterocycles. The summed E-state index contributed by atoms with van der Waals surface area (Å²) in [5.41, 5.74) is 0. The summed E-state index contributed by atoms with van der Waals surface area (Å²) < 4.78 is 40.4. The van der Waals surface area contributed by atoms with E-state index in [0.29, 0.717) is 92.5 Å². The van der Waals surface area contributed by atoms with Crippen LogP contribution in [0.1, 0.15) is 0 Å². The molecule has 28 heavy (non-hydrogen) atoms. The fourth-order valence-corrected chi connectivity index (χ4v) is 1.50. The van der Waals surface area contributed by atoms with Crippen LogP contribution in [0, 0.1) is 0 Å². The van der Waals surface area contributed by atoms with Crippen LogP contribution in [0.15, 0.2) is 0 Å². The van der Waals surface area contributed by atoms with Gasteiger partial charge in [-0.3, -0.25) is 0 Å². The molecule has 0 rings (SSSR count). The Morgan fingerprint density at radius 1 is 0.357 bits per heavy atom. The van der Waals surface area contributed by atoms with Crippen molar-refractivity contribution < 1.29 is 48.1 Å². The zero-order valence-corrected chi connectivity index (χ0v) is 17.5. The molecule has 0 bridgehead atoms. The van der Waals surface area contributed by atoms with Crippen molar-refractivity contribution in [1.82, 2.24) is 0 Å². The number of rotatable bonds is 22. The highest BCUT2D eigenvalue weighted by molar-refractivity contribution is 4.34. The lowest BCUT2D eigenvalue weighted by Crippen LogP contribution is -2.12. The second-order valence-electron chi connectivity index (χ2n) is 5.11. The molecule has 0 heterocycles. The van der Waals surface area contributed by atoms with Gasteiger partial charge in [0.25, 0.3) is 0 Å². The molecule has 0 radical (unpaired) electrons. The van der Waals surface area contributed by atoms with E-state index >= 15 is 0 Å². The van der Waals surface area contributed by atoms with E-state index in [0.717, 1.165) is 0 Å². The molecule has 0 fully saturated rings. The number of hydrogen-bond acceptors (Lipinski definition) is 10. The molecule has 0 saturated heterocycles. The minimum absolute atomic E-state index is 0.0413. The first-order chi connectivity index (χ1) is 13.8. The van der Waals surface area contributed by atoms with Crippen molar-refractivity contribution >= 4 is 0 Å². The lowest BCUT2D eigenvalue weighted by molar-refractivity contribution is -0.00380. The van der Waals surface area contributed by atoms with Gasteiger partial charge in [-0.1, -0.05) is 0 Å². The average Bonchev–Trinajstić information content (AvgIpc) is 2.71. The second kappa shape index (κ2) is 31.3. The second-order valence-corrected chi connectivity index (χ2v) is 5.11. The minimum Gasteiger partial charge on any atom is -0.394 e. The Hall–Kier alpha value is -0.400. The predicted molar refractivity (Wildman–Crippen MR) is 103 cm³/mol. The summed E-state index contributed by atoms with van der Waals surface area (Å²) in [4.78, 5) is 0. The average molecular weight is 417 g/mol. The molecule has 0 aliphatic carbocycles. The summed E-state index contributed by atoms with van der Waals surface area (Å²) >= 11 is 0. The third-order valence-corrected chi connectivity index (χ3v) is 2.82. The molecule has 0 aliphatic heterocycles. The SMILES string of the molecule is COCCOCCOCCOCCOC.OCCOCCOCCOCCO. The minimum atomic E-state index is 0.0413. The lowest BCUT2D eigenvalue weighted by atomic mass is 10.7. The van der Waals surface area contributed by atoms with Crippen LogP contribution in [-0.2, 0) is 37.9 Å². The van der Waals surface area contributed by atoms with Crippen molar-refractivity contribution in [3.63, 3.8) is 0 Å². The van der Waals surface area contributed by atoms with Crippen molar-refractivity contribution in [1.29, 1.82) is 0 Å². The quantitative estimate of drug-likeness (QED) is 0.221. The molecule has 172 valence electrons. The maximum atomic E-state index is 8.36. The van der Waals surface area contributed by atoms with Gasteiger partial charge in [-0.25, -0.2) is 0 Å². The third-order valence-electron chi connectivity index (χ3n) is 2.82. The van der Waals surface area contributed by atoms with E-state index < -0.39 is 0 Å². The Labute approximate surface area is 168 Å². The molecule has 0 aromatic carbocycles. The molecule has 0 atom stereocenters. The number of hydrogen-bond donors (Lipinski definition) is 2. The van der Waals surface area contributed by atoms with E-state index in [-0.39, 0.29) is 13.2 Å². The molecule has 0 spiro atoms. The Kier molecular flexibility index (Phi) is 33.3. The van der Waals surface area contributed by atoms with Crippen LogP contribution in [0.2, 0.25) is 0 Å². The van der Waals surface area contributed by atoms with Gasteiger partial charge in [0.15, 0.2) is 0 Å². The van der Waals surface area contributed by atoms with Gasteiger partial charge in [0.1, 0.15) is 0 Å². The molecular formula is C18H40O10. The first-order valence-electron chi connectivity index (χ1n) is 9.49. The smallest absolute Gasteiger partial charge is 0.0701 e. The van der Waals surface area contributed by atoms with Crippen molar-refractivity contribution in [3.05, 3.63) is 0 Å². The number of aliphatic hydroxyl groups excluding tert-OH is 2. The molecule has 0 aliphatic rings. The van der Waals surface area contributed by atoms with Crippen molar-refractivity contribution in [2.45, 2.75) is 0 Å².